The van der Waals surface area contributed by atoms with E-state index in [9.17, 15) is 0 Å². The lowest BCUT2D eigenvalue weighted by molar-refractivity contribution is 0.134. The van der Waals surface area contributed by atoms with E-state index in [1.54, 1.807) is 12.4 Å². The molecule has 1 aliphatic heterocycles. The number of hydrogen-bond acceptors (Lipinski definition) is 4. The normalized spacial score (nSPS) is 13.9. The molecule has 0 bridgehead atoms. The minimum absolute atomic E-state index is 0.353. The van der Waals surface area contributed by atoms with Gasteiger partial charge in [0.15, 0.2) is 16.6 Å². The molecule has 0 amide bonds. The number of ether oxygens (including phenoxy) is 1. The number of halogens is 1. The average Bonchev–Trinajstić information content (AvgIpc) is 3.04. The highest BCUT2D eigenvalue weighted by atomic mass is 35.5. The first-order valence-corrected chi connectivity index (χ1v) is 6.26. The molecule has 0 fully saturated rings. The van der Waals surface area contributed by atoms with Crippen LogP contribution in [0.4, 0.5) is 0 Å². The van der Waals surface area contributed by atoms with Crippen LogP contribution in [0.1, 0.15) is 11.1 Å². The monoisotopic (exact) mass is 272 g/mol. The third-order valence-electron chi connectivity index (χ3n) is 3.26. The van der Waals surface area contributed by atoms with E-state index in [4.69, 9.17) is 16.3 Å². The number of nitrogens with zero attached hydrogens (tertiary/aromatic N) is 4. The Kier molecular flexibility index (Phi) is 2.30. The summed E-state index contributed by atoms with van der Waals surface area (Å²) in [6, 6.07) is 6.19. The van der Waals surface area contributed by atoms with Gasteiger partial charge in [0.25, 0.3) is 0 Å². The fourth-order valence-electron chi connectivity index (χ4n) is 2.30. The van der Waals surface area contributed by atoms with Crippen molar-refractivity contribution in [1.29, 1.82) is 0 Å². The molecule has 0 spiro atoms. The Morgan fingerprint density at radius 3 is 3.00 bits per heavy atom. The highest BCUT2D eigenvalue weighted by Crippen LogP contribution is 2.27. The number of fused-ring (bicyclic) bond motifs is 2. The summed E-state index contributed by atoms with van der Waals surface area (Å²) in [6.07, 6.45) is 3.44. The van der Waals surface area contributed by atoms with Gasteiger partial charge in [-0.1, -0.05) is 23.7 Å². The molecule has 94 valence electrons. The molecule has 3 heterocycles. The highest BCUT2D eigenvalue weighted by Gasteiger charge is 2.15. The Labute approximate surface area is 113 Å². The number of hydrogen-bond donors (Lipinski definition) is 0. The average molecular weight is 273 g/mol. The molecule has 3 aromatic rings. The van der Waals surface area contributed by atoms with Crippen LogP contribution in [0.5, 0.6) is 0 Å². The largest absolute Gasteiger partial charge is 0.372 e. The molecule has 0 atom stereocenters. The van der Waals surface area contributed by atoms with E-state index in [2.05, 4.69) is 27.3 Å². The van der Waals surface area contributed by atoms with Crippen molar-refractivity contribution < 1.29 is 4.74 Å². The van der Waals surface area contributed by atoms with Gasteiger partial charge >= 0.3 is 0 Å². The highest BCUT2D eigenvalue weighted by molar-refractivity contribution is 6.32. The van der Waals surface area contributed by atoms with Gasteiger partial charge in [0, 0.05) is 18.0 Å². The van der Waals surface area contributed by atoms with Crippen LogP contribution in [0.2, 0.25) is 5.15 Å². The molecule has 2 aromatic heterocycles. The van der Waals surface area contributed by atoms with Crippen LogP contribution in [0.3, 0.4) is 0 Å². The summed E-state index contributed by atoms with van der Waals surface area (Å²) in [7, 11) is 0. The molecule has 19 heavy (non-hydrogen) atoms. The Hall–Kier alpha value is -1.98. The van der Waals surface area contributed by atoms with Crippen molar-refractivity contribution >= 4 is 17.2 Å². The molecule has 0 radical (unpaired) electrons. The van der Waals surface area contributed by atoms with E-state index in [1.807, 2.05) is 10.5 Å². The van der Waals surface area contributed by atoms with Crippen molar-refractivity contribution in [3.8, 4) is 11.4 Å². The molecule has 0 saturated carbocycles. The molecule has 0 unspecified atom stereocenters. The van der Waals surface area contributed by atoms with Gasteiger partial charge < -0.3 is 4.74 Å². The quantitative estimate of drug-likeness (QED) is 0.683. The van der Waals surface area contributed by atoms with Gasteiger partial charge in [-0.3, -0.25) is 4.40 Å². The van der Waals surface area contributed by atoms with E-state index in [-0.39, 0.29) is 0 Å². The van der Waals surface area contributed by atoms with E-state index in [1.165, 1.54) is 11.1 Å². The van der Waals surface area contributed by atoms with Crippen molar-refractivity contribution in [3.63, 3.8) is 0 Å². The first-order valence-electron chi connectivity index (χ1n) is 5.88. The molecule has 0 aliphatic carbocycles. The van der Waals surface area contributed by atoms with Crippen molar-refractivity contribution in [2.75, 3.05) is 0 Å². The first kappa shape index (κ1) is 10.9. The predicted molar refractivity (Wildman–Crippen MR) is 69.7 cm³/mol. The zero-order valence-electron chi connectivity index (χ0n) is 9.88. The zero-order valence-corrected chi connectivity index (χ0v) is 10.6. The van der Waals surface area contributed by atoms with Crippen molar-refractivity contribution in [1.82, 2.24) is 19.6 Å². The smallest absolute Gasteiger partial charge is 0.198 e. The van der Waals surface area contributed by atoms with Crippen LogP contribution < -0.4 is 0 Å². The summed E-state index contributed by atoms with van der Waals surface area (Å²) < 4.78 is 7.26. The SMILES string of the molecule is Clc1nccn2c(-c3ccc4c(c3)COC4)nnc12. The van der Waals surface area contributed by atoms with Crippen LogP contribution >= 0.6 is 11.6 Å². The Balaban J connectivity index is 1.93. The molecule has 5 nitrogen and oxygen atoms in total. The fourth-order valence-corrected chi connectivity index (χ4v) is 2.49. The van der Waals surface area contributed by atoms with Gasteiger partial charge in [0.05, 0.1) is 13.2 Å². The van der Waals surface area contributed by atoms with Gasteiger partial charge in [-0.15, -0.1) is 10.2 Å². The summed E-state index contributed by atoms with van der Waals surface area (Å²) in [5.41, 5.74) is 4.00. The second-order valence-corrected chi connectivity index (χ2v) is 4.77. The lowest BCUT2D eigenvalue weighted by Crippen LogP contribution is -1.92. The van der Waals surface area contributed by atoms with Crippen LogP contribution in [0.25, 0.3) is 17.0 Å². The lowest BCUT2D eigenvalue weighted by Gasteiger charge is -2.02. The summed E-state index contributed by atoms with van der Waals surface area (Å²) >= 11 is 6.00. The fraction of sp³-hybridized carbons (Fsp3) is 0.154. The maximum Gasteiger partial charge on any atom is 0.198 e. The Bertz CT molecular complexity index is 783. The van der Waals surface area contributed by atoms with Gasteiger partial charge in [0.2, 0.25) is 0 Å². The molecular formula is C13H9ClN4O. The molecule has 0 saturated heterocycles. The molecule has 4 rings (SSSR count). The maximum absolute atomic E-state index is 6.00. The molecule has 1 aromatic carbocycles. The number of aromatic nitrogens is 4. The first-order chi connectivity index (χ1) is 9.33. The van der Waals surface area contributed by atoms with E-state index in [0.29, 0.717) is 24.0 Å². The minimum atomic E-state index is 0.353. The zero-order chi connectivity index (χ0) is 12.8. The van der Waals surface area contributed by atoms with Crippen molar-refractivity contribution in [2.45, 2.75) is 13.2 Å². The molecule has 1 aliphatic rings. The van der Waals surface area contributed by atoms with Crippen LogP contribution in [0.15, 0.2) is 30.6 Å². The molecule has 0 N–H and O–H groups in total. The second-order valence-electron chi connectivity index (χ2n) is 4.41. The minimum Gasteiger partial charge on any atom is -0.372 e. The van der Waals surface area contributed by atoms with Crippen LogP contribution in [-0.4, -0.2) is 19.6 Å². The maximum atomic E-state index is 6.00. The van der Waals surface area contributed by atoms with Crippen LogP contribution in [-0.2, 0) is 18.0 Å². The number of benzene rings is 1. The van der Waals surface area contributed by atoms with E-state index < -0.39 is 0 Å². The summed E-state index contributed by atoms with van der Waals surface area (Å²) in [4.78, 5) is 3.99. The van der Waals surface area contributed by atoms with E-state index in [0.717, 1.165) is 11.4 Å². The number of rotatable bonds is 1. The summed E-state index contributed by atoms with van der Waals surface area (Å²) in [5, 5.41) is 8.63. The third-order valence-corrected chi connectivity index (χ3v) is 3.53. The summed E-state index contributed by atoms with van der Waals surface area (Å²) in [5.74, 6) is 0.758. The summed E-state index contributed by atoms with van der Waals surface area (Å²) in [6.45, 7) is 1.34. The van der Waals surface area contributed by atoms with Gasteiger partial charge in [-0.2, -0.15) is 0 Å². The lowest BCUT2D eigenvalue weighted by atomic mass is 10.1. The third kappa shape index (κ3) is 1.63. The van der Waals surface area contributed by atoms with Gasteiger partial charge in [-0.05, 0) is 17.2 Å². The Morgan fingerprint density at radius 2 is 2.05 bits per heavy atom. The Morgan fingerprint density at radius 1 is 1.16 bits per heavy atom. The van der Waals surface area contributed by atoms with Crippen LogP contribution in [0, 0.1) is 0 Å². The van der Waals surface area contributed by atoms with E-state index >= 15 is 0 Å². The van der Waals surface area contributed by atoms with Gasteiger partial charge in [-0.25, -0.2) is 4.98 Å². The molecule has 6 heteroatoms. The topological polar surface area (TPSA) is 52.3 Å². The van der Waals surface area contributed by atoms with Crippen molar-refractivity contribution in [3.05, 3.63) is 46.9 Å². The van der Waals surface area contributed by atoms with Crippen molar-refractivity contribution in [2.24, 2.45) is 0 Å². The second kappa shape index (κ2) is 4.01. The van der Waals surface area contributed by atoms with Gasteiger partial charge in [0.1, 0.15) is 0 Å². The molecular weight excluding hydrogens is 264 g/mol. The standard InChI is InChI=1S/C13H9ClN4O/c14-11-13-17-16-12(18(13)4-3-15-11)8-1-2-9-6-19-7-10(9)5-8/h1-5H,6-7H2. The predicted octanol–water partition coefficient (Wildman–Crippen LogP) is 2.47.